The van der Waals surface area contributed by atoms with Crippen molar-refractivity contribution in [2.45, 2.75) is 46.7 Å². The molecule has 29 heavy (non-hydrogen) atoms. The largest absolute Gasteiger partial charge is 0.493 e. The number of nitrogens with one attached hydrogen (secondary N) is 2. The third-order valence-corrected chi connectivity index (χ3v) is 5.22. The molecule has 1 saturated heterocycles. The molecule has 1 fully saturated rings. The van der Waals surface area contributed by atoms with Gasteiger partial charge in [-0.05, 0) is 45.4 Å². The molecule has 0 bridgehead atoms. The first-order valence-electron chi connectivity index (χ1n) is 10.5. The molecule has 1 aliphatic rings. The van der Waals surface area contributed by atoms with Gasteiger partial charge >= 0.3 is 0 Å². The highest BCUT2D eigenvalue weighted by Crippen LogP contribution is 2.22. The van der Waals surface area contributed by atoms with Gasteiger partial charge in [-0.3, -0.25) is 9.89 Å². The Morgan fingerprint density at radius 1 is 1.34 bits per heavy atom. The van der Waals surface area contributed by atoms with Crippen LogP contribution in [0.2, 0.25) is 0 Å². The highest BCUT2D eigenvalue weighted by atomic mass is 127. The zero-order valence-electron chi connectivity index (χ0n) is 18.7. The smallest absolute Gasteiger partial charge is 0.191 e. The van der Waals surface area contributed by atoms with E-state index in [1.807, 2.05) is 7.05 Å². The fourth-order valence-electron chi connectivity index (χ4n) is 3.36. The van der Waals surface area contributed by atoms with Crippen LogP contribution in [0.5, 0.6) is 5.75 Å². The Hall–Kier alpha value is -1.06. The van der Waals surface area contributed by atoms with Crippen molar-refractivity contribution in [2.75, 3.05) is 46.5 Å². The quantitative estimate of drug-likeness (QED) is 0.283. The van der Waals surface area contributed by atoms with Crippen molar-refractivity contribution in [1.82, 2.24) is 15.5 Å². The third kappa shape index (κ3) is 9.09. The molecule has 166 valence electrons. The van der Waals surface area contributed by atoms with Crippen molar-refractivity contribution >= 4 is 29.9 Å². The predicted octanol–water partition coefficient (Wildman–Crippen LogP) is 3.42. The number of aryl methyl sites for hydroxylation is 1. The molecule has 1 heterocycles. The number of halogens is 1. The molecule has 1 aromatic carbocycles. The maximum absolute atomic E-state index is 6.13. The molecule has 1 atom stereocenters. The van der Waals surface area contributed by atoms with Crippen LogP contribution in [0, 0.1) is 12.8 Å². The molecule has 1 aliphatic heterocycles. The number of hydrogen-bond acceptors (Lipinski definition) is 4. The summed E-state index contributed by atoms with van der Waals surface area (Å²) in [5.41, 5.74) is 2.35. The summed E-state index contributed by atoms with van der Waals surface area (Å²) in [5, 5.41) is 6.82. The molecule has 7 heteroatoms. The SMILES string of the molecule is CCN(CCNC(=NC)NCc1ccc(C)cc1OCC1CCOC1)C(C)C.I. The van der Waals surface area contributed by atoms with E-state index in [0.717, 1.165) is 56.5 Å². The third-order valence-electron chi connectivity index (χ3n) is 5.22. The van der Waals surface area contributed by atoms with Crippen molar-refractivity contribution in [1.29, 1.82) is 0 Å². The first-order valence-corrected chi connectivity index (χ1v) is 10.5. The van der Waals surface area contributed by atoms with Crippen LogP contribution in [0.25, 0.3) is 0 Å². The topological polar surface area (TPSA) is 58.1 Å². The Kier molecular flexibility index (Phi) is 12.6. The monoisotopic (exact) mass is 518 g/mol. The summed E-state index contributed by atoms with van der Waals surface area (Å²) in [5.74, 6) is 2.26. The first kappa shape index (κ1) is 26.0. The van der Waals surface area contributed by atoms with E-state index in [0.29, 0.717) is 25.1 Å². The number of nitrogens with zero attached hydrogens (tertiary/aromatic N) is 2. The second kappa shape index (κ2) is 14.0. The summed E-state index contributed by atoms with van der Waals surface area (Å²) in [6.07, 6.45) is 1.08. The maximum Gasteiger partial charge on any atom is 0.191 e. The fraction of sp³-hybridized carbons (Fsp3) is 0.682. The van der Waals surface area contributed by atoms with E-state index in [4.69, 9.17) is 9.47 Å². The summed E-state index contributed by atoms with van der Waals surface area (Å²) in [6, 6.07) is 6.93. The average Bonchev–Trinajstić information content (AvgIpc) is 3.20. The van der Waals surface area contributed by atoms with Gasteiger partial charge in [-0.1, -0.05) is 19.1 Å². The second-order valence-electron chi connectivity index (χ2n) is 7.73. The number of aliphatic imine (C=N–C) groups is 1. The highest BCUT2D eigenvalue weighted by Gasteiger charge is 2.17. The molecule has 0 aromatic heterocycles. The van der Waals surface area contributed by atoms with Crippen LogP contribution in [0.4, 0.5) is 0 Å². The minimum Gasteiger partial charge on any atom is -0.493 e. The lowest BCUT2D eigenvalue weighted by Crippen LogP contribution is -2.42. The van der Waals surface area contributed by atoms with E-state index in [9.17, 15) is 0 Å². The van der Waals surface area contributed by atoms with Crippen molar-refractivity contribution in [3.8, 4) is 5.75 Å². The number of guanidine groups is 1. The standard InChI is InChI=1S/C22H38N4O2.HI/c1-6-26(17(2)3)11-10-24-22(23-5)25-14-20-8-7-18(4)13-21(20)28-16-19-9-12-27-15-19;/h7-8,13,17,19H,6,9-12,14-16H2,1-5H3,(H2,23,24,25);1H. The van der Waals surface area contributed by atoms with Gasteiger partial charge in [-0.2, -0.15) is 0 Å². The molecule has 1 unspecified atom stereocenters. The molecule has 0 amide bonds. The van der Waals surface area contributed by atoms with Gasteiger partial charge < -0.3 is 20.1 Å². The van der Waals surface area contributed by atoms with Gasteiger partial charge in [0.2, 0.25) is 0 Å². The first-order chi connectivity index (χ1) is 13.5. The minimum absolute atomic E-state index is 0. The Labute approximate surface area is 193 Å². The zero-order chi connectivity index (χ0) is 20.4. The summed E-state index contributed by atoms with van der Waals surface area (Å²) in [7, 11) is 1.81. The van der Waals surface area contributed by atoms with Crippen molar-refractivity contribution in [3.63, 3.8) is 0 Å². The van der Waals surface area contributed by atoms with Crippen molar-refractivity contribution in [2.24, 2.45) is 10.9 Å². The zero-order valence-corrected chi connectivity index (χ0v) is 21.0. The lowest BCUT2D eigenvalue weighted by Gasteiger charge is -2.25. The van der Waals surface area contributed by atoms with Gasteiger partial charge in [-0.15, -0.1) is 24.0 Å². The van der Waals surface area contributed by atoms with E-state index in [1.165, 1.54) is 5.56 Å². The van der Waals surface area contributed by atoms with E-state index >= 15 is 0 Å². The second-order valence-corrected chi connectivity index (χ2v) is 7.73. The molecular formula is C22H39IN4O2. The van der Waals surface area contributed by atoms with Crippen LogP contribution in [-0.2, 0) is 11.3 Å². The Morgan fingerprint density at radius 2 is 2.14 bits per heavy atom. The lowest BCUT2D eigenvalue weighted by atomic mass is 10.1. The molecule has 0 spiro atoms. The molecule has 1 aromatic rings. The molecular weight excluding hydrogens is 479 g/mol. The number of benzene rings is 1. The van der Waals surface area contributed by atoms with Crippen LogP contribution in [0.3, 0.4) is 0 Å². The predicted molar refractivity (Wildman–Crippen MR) is 132 cm³/mol. The minimum atomic E-state index is 0. The molecule has 2 N–H and O–H groups in total. The molecule has 0 radical (unpaired) electrons. The normalized spacial score (nSPS) is 16.8. The van der Waals surface area contributed by atoms with Gasteiger partial charge in [-0.25, -0.2) is 0 Å². The summed E-state index contributed by atoms with van der Waals surface area (Å²) >= 11 is 0. The number of ether oxygens (including phenoxy) is 2. The number of rotatable bonds is 10. The Morgan fingerprint density at radius 3 is 2.76 bits per heavy atom. The van der Waals surface area contributed by atoms with E-state index < -0.39 is 0 Å². The van der Waals surface area contributed by atoms with Crippen molar-refractivity contribution < 1.29 is 9.47 Å². The fourth-order valence-corrected chi connectivity index (χ4v) is 3.36. The van der Waals surface area contributed by atoms with Gasteiger partial charge in [0.05, 0.1) is 13.2 Å². The van der Waals surface area contributed by atoms with Gasteiger partial charge in [0.1, 0.15) is 5.75 Å². The van der Waals surface area contributed by atoms with Crippen LogP contribution < -0.4 is 15.4 Å². The Balaban J connectivity index is 0.00000420. The molecule has 6 nitrogen and oxygen atoms in total. The molecule has 0 saturated carbocycles. The van der Waals surface area contributed by atoms with Gasteiger partial charge in [0.25, 0.3) is 0 Å². The summed E-state index contributed by atoms with van der Waals surface area (Å²) < 4.78 is 11.6. The van der Waals surface area contributed by atoms with E-state index in [1.54, 1.807) is 0 Å². The van der Waals surface area contributed by atoms with Gasteiger partial charge in [0, 0.05) is 50.8 Å². The van der Waals surface area contributed by atoms with Crippen molar-refractivity contribution in [3.05, 3.63) is 29.3 Å². The Bertz CT molecular complexity index is 619. The highest BCUT2D eigenvalue weighted by molar-refractivity contribution is 14.0. The number of likely N-dealkylation sites (N-methyl/N-ethyl adjacent to an activating group) is 1. The average molecular weight is 518 g/mol. The van der Waals surface area contributed by atoms with E-state index in [-0.39, 0.29) is 24.0 Å². The van der Waals surface area contributed by atoms with Crippen LogP contribution in [0.15, 0.2) is 23.2 Å². The van der Waals surface area contributed by atoms with E-state index in [2.05, 4.69) is 66.4 Å². The van der Waals surface area contributed by atoms with Gasteiger partial charge in [0.15, 0.2) is 5.96 Å². The summed E-state index contributed by atoms with van der Waals surface area (Å²) in [6.45, 7) is 14.7. The van der Waals surface area contributed by atoms with Crippen LogP contribution >= 0.6 is 24.0 Å². The lowest BCUT2D eigenvalue weighted by molar-refractivity contribution is 0.166. The van der Waals surface area contributed by atoms with Crippen LogP contribution in [0.1, 0.15) is 38.3 Å². The molecule has 0 aliphatic carbocycles. The molecule has 2 rings (SSSR count). The summed E-state index contributed by atoms with van der Waals surface area (Å²) in [4.78, 5) is 6.77. The number of hydrogen-bond donors (Lipinski definition) is 2. The van der Waals surface area contributed by atoms with Crippen LogP contribution in [-0.4, -0.2) is 63.4 Å². The maximum atomic E-state index is 6.13.